The lowest BCUT2D eigenvalue weighted by molar-refractivity contribution is 0.669. The Hall–Kier alpha value is -15.2. The quantitative estimate of drug-likeness (QED) is 0.134. The molecule has 11 nitrogen and oxygen atoms in total. The van der Waals surface area contributed by atoms with Crippen LogP contribution in [0.15, 0.2) is 381 Å². The van der Waals surface area contributed by atoms with E-state index in [1.54, 1.807) is 0 Å². The van der Waals surface area contributed by atoms with E-state index in [4.69, 9.17) is 34.3 Å². The van der Waals surface area contributed by atoms with Gasteiger partial charge in [0.2, 0.25) is 0 Å². The molecule has 16 aromatic carbocycles. The fraction of sp³-hybridized carbons (Fsp3) is 0. The number of benzene rings is 16. The average Bonchev–Trinajstić information content (AvgIpc) is 1.68. The maximum atomic E-state index is 6.44. The molecule has 8 aromatic heterocycles. The zero-order valence-corrected chi connectivity index (χ0v) is 61.9. The van der Waals surface area contributed by atoms with Crippen molar-refractivity contribution < 1.29 is 4.42 Å². The van der Waals surface area contributed by atoms with Crippen LogP contribution in [0.3, 0.4) is 0 Å². The lowest BCUT2D eigenvalue weighted by Crippen LogP contribution is -2.00. The second-order valence-corrected chi connectivity index (χ2v) is 30.0. The largest absolute Gasteiger partial charge is 0.456 e. The van der Waals surface area contributed by atoms with E-state index in [0.29, 0.717) is 34.9 Å². The van der Waals surface area contributed by atoms with Crippen LogP contribution in [0.2, 0.25) is 0 Å². The Morgan fingerprint density at radius 1 is 0.175 bits per heavy atom. The van der Waals surface area contributed by atoms with Crippen LogP contribution in [0, 0.1) is 0 Å². The number of nitrogens with zero attached hydrogens (tertiary/aromatic N) is 10. The van der Waals surface area contributed by atoms with Gasteiger partial charge in [-0.25, -0.2) is 29.9 Å². The van der Waals surface area contributed by atoms with Crippen LogP contribution in [0.5, 0.6) is 0 Å². The van der Waals surface area contributed by atoms with Gasteiger partial charge in [-0.3, -0.25) is 0 Å². The zero-order chi connectivity index (χ0) is 74.9. The molecular weight excluding hydrogens is 1410 g/mol. The summed E-state index contributed by atoms with van der Waals surface area (Å²) in [5.74, 6) is 3.84. The molecule has 8 heterocycles. The SMILES string of the molecule is c1ccc(-c2nc(-c3ccccc3)nc(-c3ccc4oc5ccc(-n6c7ccccc7c7cc(-n8c9ccccc9c9ccccc98)ccc76)cc5c4c3)n2)cc1.c1ccc(-c2nc(-c3ccccc3)nc(-c3ccc4sc5ccc(-n6c7ccccc7c7cc(-n8c9ccccc9c9ccccc98)ccc76)cc5c4c3)n2)cc1. The van der Waals surface area contributed by atoms with Crippen molar-refractivity contribution >= 4 is 141 Å². The minimum Gasteiger partial charge on any atom is -0.456 e. The molecule has 0 saturated heterocycles. The summed E-state index contributed by atoms with van der Waals surface area (Å²) in [5.41, 5.74) is 21.2. The molecule has 0 spiro atoms. The van der Waals surface area contributed by atoms with Gasteiger partial charge in [0.05, 0.1) is 44.1 Å². The van der Waals surface area contributed by atoms with Gasteiger partial charge in [0.25, 0.3) is 0 Å². The maximum Gasteiger partial charge on any atom is 0.164 e. The van der Waals surface area contributed by atoms with E-state index in [2.05, 4.69) is 261 Å². The maximum absolute atomic E-state index is 6.44. The van der Waals surface area contributed by atoms with E-state index < -0.39 is 0 Å². The molecule has 0 amide bonds. The Labute approximate surface area is 656 Å². The van der Waals surface area contributed by atoms with Crippen LogP contribution in [0.1, 0.15) is 0 Å². The third-order valence-electron chi connectivity index (χ3n) is 22.3. The number of aromatic nitrogens is 10. The third kappa shape index (κ3) is 10.6. The highest BCUT2D eigenvalue weighted by atomic mass is 32.1. The number of para-hydroxylation sites is 6. The number of thiophene rings is 1. The first-order chi connectivity index (χ1) is 56.5. The van der Waals surface area contributed by atoms with E-state index >= 15 is 0 Å². The minimum absolute atomic E-state index is 0.608. The molecule has 114 heavy (non-hydrogen) atoms. The summed E-state index contributed by atoms with van der Waals surface area (Å²) in [6.45, 7) is 0. The third-order valence-corrected chi connectivity index (χ3v) is 23.5. The first kappa shape index (κ1) is 64.7. The van der Waals surface area contributed by atoms with Crippen molar-refractivity contribution in [2.75, 3.05) is 0 Å². The molecule has 0 N–H and O–H groups in total. The minimum atomic E-state index is 0.608. The van der Waals surface area contributed by atoms with Crippen LogP contribution in [0.4, 0.5) is 0 Å². The predicted molar refractivity (Wildman–Crippen MR) is 470 cm³/mol. The van der Waals surface area contributed by atoms with Crippen LogP contribution in [-0.4, -0.2) is 48.2 Å². The van der Waals surface area contributed by atoms with Crippen molar-refractivity contribution in [3.05, 3.63) is 376 Å². The molecule has 12 heteroatoms. The van der Waals surface area contributed by atoms with Crippen molar-refractivity contribution in [1.82, 2.24) is 48.2 Å². The van der Waals surface area contributed by atoms with Crippen LogP contribution >= 0.6 is 11.3 Å². The van der Waals surface area contributed by atoms with Crippen LogP contribution < -0.4 is 0 Å². The normalized spacial score (nSPS) is 11.9. The van der Waals surface area contributed by atoms with Crippen molar-refractivity contribution in [2.24, 2.45) is 0 Å². The van der Waals surface area contributed by atoms with Gasteiger partial charge >= 0.3 is 0 Å². The average molecular weight is 1480 g/mol. The molecule has 0 radical (unpaired) electrons. The summed E-state index contributed by atoms with van der Waals surface area (Å²) in [4.78, 5) is 29.9. The van der Waals surface area contributed by atoms with Gasteiger partial charge in [0, 0.05) is 130 Å². The topological polar surface area (TPSA) is 110 Å². The molecular formula is C102H62N10OS. The van der Waals surface area contributed by atoms with E-state index in [-0.39, 0.29) is 0 Å². The second-order valence-electron chi connectivity index (χ2n) is 28.9. The monoisotopic (exact) mass is 1470 g/mol. The van der Waals surface area contributed by atoms with Gasteiger partial charge < -0.3 is 22.7 Å². The standard InChI is InChI=1S/C51H31N5O.C51H31N5S/c2*1-3-13-32(14-4-1)49-52-50(33-15-5-2-6-16-33)54-51(53-49)34-23-27-47-41(29-34)42-31-36(25-28-48(42)57-47)56-45-22-12-9-19-39(45)40-30-35(24-26-46(40)56)55-43-20-10-7-17-37(43)38-18-8-11-21-44(38)55/h2*1-31H. The number of hydrogen-bond donors (Lipinski definition) is 0. The van der Waals surface area contributed by atoms with Crippen LogP contribution in [-0.2, 0) is 0 Å². The predicted octanol–water partition coefficient (Wildman–Crippen LogP) is 26.4. The zero-order valence-electron chi connectivity index (χ0n) is 61.1. The van der Waals surface area contributed by atoms with Crippen molar-refractivity contribution in [3.63, 3.8) is 0 Å². The number of rotatable bonds is 10. The number of furan rings is 1. The van der Waals surface area contributed by atoms with Gasteiger partial charge in [-0.1, -0.05) is 231 Å². The first-order valence-corrected chi connectivity index (χ1v) is 39.0. The number of fused-ring (bicyclic) bond motifs is 18. The number of hydrogen-bond acceptors (Lipinski definition) is 8. The van der Waals surface area contributed by atoms with Gasteiger partial charge in [0.1, 0.15) is 11.2 Å². The summed E-state index contributed by atoms with van der Waals surface area (Å²) in [6, 6.07) is 133. The molecule has 0 aliphatic carbocycles. The lowest BCUT2D eigenvalue weighted by Gasteiger charge is -2.11. The lowest BCUT2D eigenvalue weighted by atomic mass is 10.1. The molecule has 0 aliphatic rings. The van der Waals surface area contributed by atoms with Crippen LogP contribution in [0.25, 0.3) is 220 Å². The summed E-state index contributed by atoms with van der Waals surface area (Å²) in [6.07, 6.45) is 0. The Bertz CT molecular complexity index is 7300. The van der Waals surface area contributed by atoms with Gasteiger partial charge in [-0.05, 0) is 146 Å². The van der Waals surface area contributed by atoms with Crippen molar-refractivity contribution in [3.8, 4) is 91.1 Å². The Kier molecular flexibility index (Phi) is 14.9. The molecule has 24 rings (SSSR count). The van der Waals surface area contributed by atoms with Gasteiger partial charge in [0.15, 0.2) is 34.9 Å². The molecule has 0 bridgehead atoms. The molecule has 0 aliphatic heterocycles. The highest BCUT2D eigenvalue weighted by molar-refractivity contribution is 7.25. The highest BCUT2D eigenvalue weighted by Gasteiger charge is 2.23. The van der Waals surface area contributed by atoms with Gasteiger partial charge in [-0.2, -0.15) is 0 Å². The van der Waals surface area contributed by atoms with E-state index in [1.165, 1.54) is 96.4 Å². The summed E-state index contributed by atoms with van der Waals surface area (Å²) in [7, 11) is 0. The summed E-state index contributed by atoms with van der Waals surface area (Å²) >= 11 is 1.82. The fourth-order valence-corrected chi connectivity index (χ4v) is 18.2. The molecule has 0 unspecified atom stereocenters. The molecule has 24 aromatic rings. The molecule has 0 atom stereocenters. The van der Waals surface area contributed by atoms with E-state index in [9.17, 15) is 0 Å². The molecule has 0 saturated carbocycles. The Morgan fingerprint density at radius 3 is 0.781 bits per heavy atom. The Balaban J connectivity index is 0.000000135. The summed E-state index contributed by atoms with van der Waals surface area (Å²) < 4.78 is 18.5. The second kappa shape index (κ2) is 26.2. The fourth-order valence-electron chi connectivity index (χ4n) is 17.1. The highest BCUT2D eigenvalue weighted by Crippen LogP contribution is 2.44. The molecule has 532 valence electrons. The van der Waals surface area contributed by atoms with E-state index in [1.807, 2.05) is 145 Å². The molecule has 0 fully saturated rings. The van der Waals surface area contributed by atoms with Crippen molar-refractivity contribution in [1.29, 1.82) is 0 Å². The summed E-state index contributed by atoms with van der Waals surface area (Å²) in [5, 5.41) is 14.3. The smallest absolute Gasteiger partial charge is 0.164 e. The first-order valence-electron chi connectivity index (χ1n) is 38.2. The van der Waals surface area contributed by atoms with Crippen molar-refractivity contribution in [2.45, 2.75) is 0 Å². The Morgan fingerprint density at radius 2 is 0.412 bits per heavy atom. The van der Waals surface area contributed by atoms with E-state index in [0.717, 1.165) is 89.1 Å². The van der Waals surface area contributed by atoms with Gasteiger partial charge in [-0.15, -0.1) is 11.3 Å².